The molecule has 0 amide bonds. The third-order valence-corrected chi connectivity index (χ3v) is 2.54. The van der Waals surface area contributed by atoms with E-state index >= 15 is 0 Å². The number of hydrogen-bond donors (Lipinski definition) is 1. The van der Waals surface area contributed by atoms with Gasteiger partial charge in [0.15, 0.2) is 0 Å². The van der Waals surface area contributed by atoms with Crippen LogP contribution in [-0.4, -0.2) is 9.97 Å². The molecule has 0 aromatic carbocycles. The number of terminal acetylenes is 1. The van der Waals surface area contributed by atoms with E-state index in [2.05, 4.69) is 35.2 Å². The second-order valence-electron chi connectivity index (χ2n) is 3.49. The Hall–Kier alpha value is -2.18. The van der Waals surface area contributed by atoms with Gasteiger partial charge < -0.3 is 5.73 Å². The molecule has 2 aliphatic rings. The summed E-state index contributed by atoms with van der Waals surface area (Å²) in [6.45, 7) is 0. The van der Waals surface area contributed by atoms with Crippen LogP contribution in [-0.2, 0) is 0 Å². The average molecular weight is 238 g/mol. The summed E-state index contributed by atoms with van der Waals surface area (Å²) in [6.07, 6.45) is 6.77. The van der Waals surface area contributed by atoms with Crippen LogP contribution in [0.5, 0.6) is 0 Å². The summed E-state index contributed by atoms with van der Waals surface area (Å²) in [6, 6.07) is 12.0. The van der Waals surface area contributed by atoms with E-state index in [-0.39, 0.29) is 4.99 Å². The smallest absolute Gasteiger partial charge is 0.123 e. The Kier molecular flexibility index (Phi) is 3.17. The van der Waals surface area contributed by atoms with Gasteiger partial charge in [-0.05, 0) is 35.2 Å². The molecule has 17 heavy (non-hydrogen) atoms. The molecule has 0 atom stereocenters. The summed E-state index contributed by atoms with van der Waals surface area (Å²) in [7, 11) is 0. The molecule has 0 bridgehead atoms. The number of fused-ring (bicyclic) bond motifs is 1. The lowest BCUT2D eigenvalue weighted by atomic mass is 10.2. The fraction of sp³-hybridized carbons (Fsp3) is 0. The Morgan fingerprint density at radius 1 is 1.24 bits per heavy atom. The molecule has 1 aromatic heterocycles. The van der Waals surface area contributed by atoms with Crippen LogP contribution in [0.2, 0.25) is 0 Å². The van der Waals surface area contributed by atoms with Gasteiger partial charge in [-0.15, -0.1) is 6.42 Å². The molecule has 2 nitrogen and oxygen atoms in total. The molecule has 2 N–H and O–H groups in total. The normalized spacial score (nSPS) is 9.59. The minimum Gasteiger partial charge on any atom is -0.389 e. The van der Waals surface area contributed by atoms with Crippen molar-refractivity contribution in [3.63, 3.8) is 0 Å². The first-order chi connectivity index (χ1) is 8.22. The molecule has 0 radical (unpaired) electrons. The molecular formula is C14H10N2S. The number of pyridine rings is 1. The van der Waals surface area contributed by atoms with Crippen LogP contribution in [0.4, 0.5) is 0 Å². The molecule has 1 aromatic rings. The second-order valence-corrected chi connectivity index (χ2v) is 3.93. The fourth-order valence-corrected chi connectivity index (χ4v) is 1.56. The van der Waals surface area contributed by atoms with E-state index in [1.807, 2.05) is 0 Å². The van der Waals surface area contributed by atoms with Gasteiger partial charge in [0.05, 0.1) is 0 Å². The van der Waals surface area contributed by atoms with Crippen molar-refractivity contribution in [3.8, 4) is 23.5 Å². The van der Waals surface area contributed by atoms with Crippen LogP contribution < -0.4 is 5.73 Å². The summed E-state index contributed by atoms with van der Waals surface area (Å²) in [5.74, 6) is 2.40. The molecule has 0 saturated carbocycles. The largest absolute Gasteiger partial charge is 0.389 e. The standard InChI is InChI=1S/C8H6N2S.C6H4/c1-2-7-6(8(9)11)4-3-5-10-7;1-2-5-4-6(5)3-1/h1,3-5H,(H2,9,11);1-4H. The Balaban J connectivity index is 0.000000148. The van der Waals surface area contributed by atoms with Crippen molar-refractivity contribution in [2.45, 2.75) is 0 Å². The summed E-state index contributed by atoms with van der Waals surface area (Å²) in [5, 5.41) is 0. The summed E-state index contributed by atoms with van der Waals surface area (Å²) < 4.78 is 0. The fourth-order valence-electron chi connectivity index (χ4n) is 1.39. The highest BCUT2D eigenvalue weighted by Crippen LogP contribution is 2.32. The Labute approximate surface area is 106 Å². The van der Waals surface area contributed by atoms with Crippen molar-refractivity contribution < 1.29 is 0 Å². The quantitative estimate of drug-likeness (QED) is 0.522. The van der Waals surface area contributed by atoms with Gasteiger partial charge in [0.25, 0.3) is 0 Å². The highest BCUT2D eigenvalue weighted by atomic mass is 32.1. The zero-order valence-electron chi connectivity index (χ0n) is 9.05. The van der Waals surface area contributed by atoms with Crippen molar-refractivity contribution >= 4 is 17.2 Å². The van der Waals surface area contributed by atoms with Gasteiger partial charge in [0, 0.05) is 11.8 Å². The van der Waals surface area contributed by atoms with Gasteiger partial charge in [-0.3, -0.25) is 0 Å². The number of hydrogen-bond acceptors (Lipinski definition) is 2. The average Bonchev–Trinajstić information content (AvgIpc) is 2.96. The molecule has 0 unspecified atom stereocenters. The first-order valence-electron chi connectivity index (χ1n) is 5.04. The summed E-state index contributed by atoms with van der Waals surface area (Å²) in [4.78, 5) is 4.20. The van der Waals surface area contributed by atoms with E-state index in [1.165, 1.54) is 11.1 Å². The van der Waals surface area contributed by atoms with E-state index in [0.29, 0.717) is 11.3 Å². The molecule has 0 fully saturated rings. The topological polar surface area (TPSA) is 38.9 Å². The van der Waals surface area contributed by atoms with Crippen LogP contribution >= 0.6 is 12.2 Å². The molecule has 0 spiro atoms. The minimum absolute atomic E-state index is 0.283. The first kappa shape index (κ1) is 11.3. The number of nitrogens with two attached hydrogens (primary N) is 1. The highest BCUT2D eigenvalue weighted by Gasteiger charge is 2.07. The molecule has 1 heterocycles. The summed E-state index contributed by atoms with van der Waals surface area (Å²) >= 11 is 4.76. The van der Waals surface area contributed by atoms with Gasteiger partial charge in [-0.25, -0.2) is 4.98 Å². The van der Waals surface area contributed by atoms with Crippen molar-refractivity contribution in [2.24, 2.45) is 5.73 Å². The van der Waals surface area contributed by atoms with Crippen LogP contribution in [0.3, 0.4) is 0 Å². The number of benzene rings is 1. The Bertz CT molecular complexity index is 594. The molecule has 2 aliphatic carbocycles. The Morgan fingerprint density at radius 3 is 2.29 bits per heavy atom. The van der Waals surface area contributed by atoms with E-state index in [4.69, 9.17) is 24.4 Å². The minimum atomic E-state index is 0.283. The maximum atomic E-state index is 5.39. The van der Waals surface area contributed by atoms with Gasteiger partial charge in [0.2, 0.25) is 0 Å². The van der Waals surface area contributed by atoms with E-state index in [9.17, 15) is 0 Å². The lowest BCUT2D eigenvalue weighted by Gasteiger charge is -1.98. The van der Waals surface area contributed by atoms with E-state index < -0.39 is 0 Å². The maximum Gasteiger partial charge on any atom is 0.123 e. The maximum absolute atomic E-state index is 5.39. The zero-order valence-corrected chi connectivity index (χ0v) is 9.87. The van der Waals surface area contributed by atoms with Crippen molar-refractivity contribution in [1.29, 1.82) is 0 Å². The zero-order chi connectivity index (χ0) is 12.3. The van der Waals surface area contributed by atoms with Crippen LogP contribution in [0.15, 0.2) is 42.6 Å². The third-order valence-electron chi connectivity index (χ3n) is 2.32. The van der Waals surface area contributed by atoms with Gasteiger partial charge in [0.1, 0.15) is 10.7 Å². The SMILES string of the molecule is C#Cc1ncccc1C(N)=S.c1cc2cc-2c1. The van der Waals surface area contributed by atoms with Crippen molar-refractivity contribution in [2.75, 3.05) is 0 Å². The lowest BCUT2D eigenvalue weighted by molar-refractivity contribution is 1.27. The van der Waals surface area contributed by atoms with E-state index in [1.54, 1.807) is 18.3 Å². The molecular weight excluding hydrogens is 228 g/mol. The van der Waals surface area contributed by atoms with Gasteiger partial charge >= 0.3 is 0 Å². The van der Waals surface area contributed by atoms with Gasteiger partial charge in [-0.2, -0.15) is 0 Å². The second kappa shape index (κ2) is 4.77. The van der Waals surface area contributed by atoms with E-state index in [0.717, 1.165) is 0 Å². The van der Waals surface area contributed by atoms with Crippen LogP contribution in [0, 0.1) is 12.3 Å². The molecule has 3 rings (SSSR count). The summed E-state index contributed by atoms with van der Waals surface area (Å²) in [5.41, 5.74) is 9.40. The molecule has 3 heteroatoms. The number of rotatable bonds is 1. The first-order valence-corrected chi connectivity index (χ1v) is 5.45. The predicted octanol–water partition coefficient (Wildman–Crippen LogP) is 2.36. The van der Waals surface area contributed by atoms with Gasteiger partial charge in [-0.1, -0.05) is 30.4 Å². The number of aromatic nitrogens is 1. The molecule has 0 aliphatic heterocycles. The predicted molar refractivity (Wildman–Crippen MR) is 73.5 cm³/mol. The van der Waals surface area contributed by atoms with Crippen molar-refractivity contribution in [1.82, 2.24) is 4.98 Å². The molecule has 0 saturated heterocycles. The van der Waals surface area contributed by atoms with Crippen molar-refractivity contribution in [3.05, 3.63) is 53.9 Å². The number of nitrogens with zero attached hydrogens (tertiary/aromatic N) is 1. The third kappa shape index (κ3) is 2.68. The Morgan fingerprint density at radius 2 is 1.94 bits per heavy atom. The lowest BCUT2D eigenvalue weighted by Crippen LogP contribution is -2.11. The highest BCUT2D eigenvalue weighted by molar-refractivity contribution is 7.80. The number of thiocarbonyl (C=S) groups is 1. The van der Waals surface area contributed by atoms with Crippen LogP contribution in [0.25, 0.3) is 11.1 Å². The molecule has 82 valence electrons. The monoisotopic (exact) mass is 238 g/mol. The van der Waals surface area contributed by atoms with Crippen LogP contribution in [0.1, 0.15) is 11.3 Å².